The average molecular weight is 379 g/mol. The predicted octanol–water partition coefficient (Wildman–Crippen LogP) is 0.620. The summed E-state index contributed by atoms with van der Waals surface area (Å²) in [7, 11) is 0. The number of piperidine rings is 1. The minimum atomic E-state index is -0.549. The summed E-state index contributed by atoms with van der Waals surface area (Å²) in [6.07, 6.45) is 1.35. The fourth-order valence-corrected chi connectivity index (χ4v) is 3.92. The van der Waals surface area contributed by atoms with Crippen LogP contribution in [0.15, 0.2) is 10.6 Å². The lowest BCUT2D eigenvalue weighted by Crippen LogP contribution is -2.45. The maximum absolute atomic E-state index is 12.8. The Morgan fingerprint density at radius 3 is 2.67 bits per heavy atom. The Morgan fingerprint density at radius 2 is 2.04 bits per heavy atom. The van der Waals surface area contributed by atoms with Gasteiger partial charge in [-0.1, -0.05) is 5.16 Å². The summed E-state index contributed by atoms with van der Waals surface area (Å²) in [5, 5.41) is 14.2. The molecule has 0 saturated carbocycles. The van der Waals surface area contributed by atoms with E-state index < -0.39 is 6.10 Å². The number of hydrogen-bond acceptors (Lipinski definition) is 6. The van der Waals surface area contributed by atoms with Gasteiger partial charge in [0, 0.05) is 57.1 Å². The van der Waals surface area contributed by atoms with Gasteiger partial charge in [-0.05, 0) is 26.7 Å². The molecule has 0 spiro atoms. The Kier molecular flexibility index (Phi) is 6.49. The SMILES string of the molecule is CCOCC(=O)N1CCC(C(=O)N2C[C@@H](Cc3cc(C)no3)[C@@H](O)C2)CC1. The molecule has 0 aliphatic carbocycles. The molecule has 2 aliphatic heterocycles. The lowest BCUT2D eigenvalue weighted by molar-refractivity contribution is -0.142. The molecule has 3 rings (SSSR count). The number of nitrogens with zero attached hydrogens (tertiary/aromatic N) is 3. The van der Waals surface area contributed by atoms with Gasteiger partial charge in [0.25, 0.3) is 0 Å². The molecule has 0 unspecified atom stereocenters. The van der Waals surface area contributed by atoms with Crippen LogP contribution in [0.2, 0.25) is 0 Å². The van der Waals surface area contributed by atoms with Crippen molar-refractivity contribution in [2.75, 3.05) is 39.4 Å². The van der Waals surface area contributed by atoms with E-state index in [4.69, 9.17) is 9.26 Å². The molecule has 1 aromatic rings. The molecule has 27 heavy (non-hydrogen) atoms. The number of likely N-dealkylation sites (tertiary alicyclic amines) is 2. The van der Waals surface area contributed by atoms with Crippen molar-refractivity contribution in [2.24, 2.45) is 11.8 Å². The second-order valence-corrected chi connectivity index (χ2v) is 7.50. The minimum absolute atomic E-state index is 0.0123. The zero-order chi connectivity index (χ0) is 19.4. The Morgan fingerprint density at radius 1 is 1.30 bits per heavy atom. The minimum Gasteiger partial charge on any atom is -0.391 e. The lowest BCUT2D eigenvalue weighted by atomic mass is 9.95. The second kappa shape index (κ2) is 8.84. The molecule has 8 nitrogen and oxygen atoms in total. The van der Waals surface area contributed by atoms with Crippen molar-refractivity contribution in [1.82, 2.24) is 15.0 Å². The number of rotatable bonds is 6. The number of carbonyl (C=O) groups is 2. The maximum atomic E-state index is 12.8. The number of aliphatic hydroxyl groups excluding tert-OH is 1. The largest absolute Gasteiger partial charge is 0.391 e. The quantitative estimate of drug-likeness (QED) is 0.778. The third-order valence-electron chi connectivity index (χ3n) is 5.48. The molecular formula is C19H29N3O5. The van der Waals surface area contributed by atoms with Gasteiger partial charge in [0.05, 0.1) is 11.8 Å². The zero-order valence-electron chi connectivity index (χ0n) is 16.1. The number of ether oxygens (including phenoxy) is 1. The van der Waals surface area contributed by atoms with Gasteiger partial charge in [-0.2, -0.15) is 0 Å². The number of carbonyl (C=O) groups excluding carboxylic acids is 2. The van der Waals surface area contributed by atoms with Crippen molar-refractivity contribution in [3.8, 4) is 0 Å². The van der Waals surface area contributed by atoms with Crippen LogP contribution in [0, 0.1) is 18.8 Å². The van der Waals surface area contributed by atoms with Gasteiger partial charge >= 0.3 is 0 Å². The van der Waals surface area contributed by atoms with Crippen molar-refractivity contribution in [3.63, 3.8) is 0 Å². The topological polar surface area (TPSA) is 96.1 Å². The first-order valence-electron chi connectivity index (χ1n) is 9.72. The number of β-amino-alcohol motifs (C(OH)–C–C–N with tert-alkyl or cyclic N) is 1. The van der Waals surface area contributed by atoms with E-state index in [0.29, 0.717) is 52.0 Å². The van der Waals surface area contributed by atoms with Crippen molar-refractivity contribution in [3.05, 3.63) is 17.5 Å². The van der Waals surface area contributed by atoms with Crippen molar-refractivity contribution in [2.45, 2.75) is 39.2 Å². The van der Waals surface area contributed by atoms with Gasteiger partial charge in [0.15, 0.2) is 0 Å². The van der Waals surface area contributed by atoms with Crippen LogP contribution >= 0.6 is 0 Å². The lowest BCUT2D eigenvalue weighted by Gasteiger charge is -2.33. The van der Waals surface area contributed by atoms with E-state index in [1.807, 2.05) is 19.9 Å². The fraction of sp³-hybridized carbons (Fsp3) is 0.737. The molecule has 0 aromatic carbocycles. The summed E-state index contributed by atoms with van der Waals surface area (Å²) in [4.78, 5) is 28.4. The summed E-state index contributed by atoms with van der Waals surface area (Å²) in [5.74, 6) is 0.699. The molecule has 2 amide bonds. The van der Waals surface area contributed by atoms with Gasteiger partial charge in [-0.3, -0.25) is 9.59 Å². The van der Waals surface area contributed by atoms with Crippen molar-refractivity contribution >= 4 is 11.8 Å². The molecule has 2 aliphatic rings. The monoisotopic (exact) mass is 379 g/mol. The average Bonchev–Trinajstić information content (AvgIpc) is 3.25. The van der Waals surface area contributed by atoms with Gasteiger partial charge in [-0.15, -0.1) is 0 Å². The summed E-state index contributed by atoms with van der Waals surface area (Å²) >= 11 is 0. The number of hydrogen-bond donors (Lipinski definition) is 1. The molecule has 2 saturated heterocycles. The van der Waals surface area contributed by atoms with Crippen LogP contribution in [0.3, 0.4) is 0 Å². The molecule has 3 heterocycles. The van der Waals surface area contributed by atoms with E-state index >= 15 is 0 Å². The molecule has 0 bridgehead atoms. The highest BCUT2D eigenvalue weighted by Gasteiger charge is 2.38. The molecule has 8 heteroatoms. The highest BCUT2D eigenvalue weighted by molar-refractivity contribution is 5.81. The first-order chi connectivity index (χ1) is 13.0. The predicted molar refractivity (Wildman–Crippen MR) is 96.8 cm³/mol. The van der Waals surface area contributed by atoms with E-state index in [2.05, 4.69) is 5.16 Å². The Hall–Kier alpha value is -1.93. The third-order valence-corrected chi connectivity index (χ3v) is 5.48. The summed E-state index contributed by atoms with van der Waals surface area (Å²) in [6.45, 7) is 6.41. The molecular weight excluding hydrogens is 350 g/mol. The van der Waals surface area contributed by atoms with Crippen molar-refractivity contribution in [1.29, 1.82) is 0 Å². The van der Waals surface area contributed by atoms with Crippen LogP contribution in [0.4, 0.5) is 0 Å². The summed E-state index contributed by atoms with van der Waals surface area (Å²) in [5.41, 5.74) is 0.816. The normalized spacial score (nSPS) is 23.8. The van der Waals surface area contributed by atoms with E-state index in [-0.39, 0.29) is 30.3 Å². The van der Waals surface area contributed by atoms with E-state index in [1.54, 1.807) is 9.80 Å². The van der Waals surface area contributed by atoms with E-state index in [0.717, 1.165) is 11.5 Å². The standard InChI is InChI=1S/C19H29N3O5/c1-3-26-12-18(24)21-6-4-14(5-7-21)19(25)22-10-15(17(23)11-22)9-16-8-13(2)20-27-16/h8,14-15,17,23H,3-7,9-12H2,1-2H3/t15-,17+/m1/s1. The summed E-state index contributed by atoms with van der Waals surface area (Å²) in [6, 6.07) is 1.87. The Bertz CT molecular complexity index is 654. The number of aliphatic hydroxyl groups is 1. The summed E-state index contributed by atoms with van der Waals surface area (Å²) < 4.78 is 10.4. The van der Waals surface area contributed by atoms with Crippen LogP contribution < -0.4 is 0 Å². The first-order valence-corrected chi connectivity index (χ1v) is 9.72. The Labute approximate surface area is 159 Å². The second-order valence-electron chi connectivity index (χ2n) is 7.50. The van der Waals surface area contributed by atoms with Gasteiger partial charge < -0.3 is 24.2 Å². The number of aryl methyl sites for hydroxylation is 1. The zero-order valence-corrected chi connectivity index (χ0v) is 16.1. The van der Waals surface area contributed by atoms with E-state index in [1.165, 1.54) is 0 Å². The number of aromatic nitrogens is 1. The van der Waals surface area contributed by atoms with Gasteiger partial charge in [0.1, 0.15) is 12.4 Å². The fourth-order valence-electron chi connectivity index (χ4n) is 3.92. The number of amides is 2. The molecule has 2 fully saturated rings. The van der Waals surface area contributed by atoms with Crippen LogP contribution in [0.1, 0.15) is 31.2 Å². The van der Waals surface area contributed by atoms with Gasteiger partial charge in [0.2, 0.25) is 11.8 Å². The molecule has 0 radical (unpaired) electrons. The maximum Gasteiger partial charge on any atom is 0.248 e. The van der Waals surface area contributed by atoms with Crippen LogP contribution in [-0.2, 0) is 20.7 Å². The van der Waals surface area contributed by atoms with Gasteiger partial charge in [-0.25, -0.2) is 0 Å². The molecule has 1 N–H and O–H groups in total. The highest BCUT2D eigenvalue weighted by atomic mass is 16.5. The molecule has 2 atom stereocenters. The van der Waals surface area contributed by atoms with Crippen molar-refractivity contribution < 1.29 is 24.0 Å². The smallest absolute Gasteiger partial charge is 0.248 e. The van der Waals surface area contributed by atoms with Crippen LogP contribution in [-0.4, -0.2) is 77.4 Å². The van der Waals surface area contributed by atoms with Crippen LogP contribution in [0.5, 0.6) is 0 Å². The van der Waals surface area contributed by atoms with E-state index in [9.17, 15) is 14.7 Å². The molecule has 150 valence electrons. The molecule has 1 aromatic heterocycles. The Balaban J connectivity index is 1.48. The highest BCUT2D eigenvalue weighted by Crippen LogP contribution is 2.26. The third kappa shape index (κ3) is 4.87. The van der Waals surface area contributed by atoms with Crippen LogP contribution in [0.25, 0.3) is 0 Å². The first kappa shape index (κ1) is 19.8.